The van der Waals surface area contributed by atoms with Crippen molar-refractivity contribution in [3.8, 4) is 0 Å². The molecule has 0 aliphatic heterocycles. The number of aryl methyl sites for hydroxylation is 1. The average Bonchev–Trinajstić information content (AvgIpc) is 3.39. The molecule has 0 bridgehead atoms. The maximum atomic E-state index is 13.4. The number of carbonyl (C=O) groups excluding carboxylic acids is 2. The average molecular weight is 455 g/mol. The summed E-state index contributed by atoms with van der Waals surface area (Å²) in [5.41, 5.74) is 5.26. The Hall–Kier alpha value is -3.40. The fraction of sp³-hybridized carbons (Fsp3) is 0.333. The topological polar surface area (TPSA) is 49.4 Å². The van der Waals surface area contributed by atoms with E-state index >= 15 is 0 Å². The molecule has 0 unspecified atom stereocenters. The molecule has 4 rings (SSSR count). The van der Waals surface area contributed by atoms with Crippen molar-refractivity contribution in [2.45, 2.75) is 58.5 Å². The smallest absolute Gasteiger partial charge is 0.230 e. The predicted octanol–water partition coefficient (Wildman–Crippen LogP) is 6.14. The summed E-state index contributed by atoms with van der Waals surface area (Å²) >= 11 is 0. The molecule has 0 heterocycles. The summed E-state index contributed by atoms with van der Waals surface area (Å²) < 4.78 is 0. The van der Waals surface area contributed by atoms with Gasteiger partial charge in [0, 0.05) is 11.6 Å². The number of benzene rings is 3. The summed E-state index contributed by atoms with van der Waals surface area (Å²) in [7, 11) is 0. The predicted molar refractivity (Wildman–Crippen MR) is 137 cm³/mol. The SMILES string of the molecule is Cc1ccccc1CN(C(=O)C1CCCC1)c1ccc(CC(=O)N[C@H](C)c2ccccc2)cc1. The lowest BCUT2D eigenvalue weighted by molar-refractivity contribution is -0.122. The number of nitrogens with one attached hydrogen (secondary N) is 1. The minimum Gasteiger partial charge on any atom is -0.349 e. The standard InChI is InChI=1S/C30H34N2O2/c1-22-10-6-7-15-27(22)21-32(30(34)26-13-8-9-14-26)28-18-16-24(17-19-28)20-29(33)31-23(2)25-11-4-3-5-12-25/h3-7,10-12,15-19,23,26H,8-9,13-14,20-21H2,1-2H3,(H,31,33)/t23-/m1/s1. The van der Waals surface area contributed by atoms with Crippen LogP contribution < -0.4 is 10.2 Å². The molecule has 1 aliphatic rings. The van der Waals surface area contributed by atoms with E-state index in [2.05, 4.69) is 24.4 Å². The van der Waals surface area contributed by atoms with Crippen molar-refractivity contribution in [2.24, 2.45) is 5.92 Å². The van der Waals surface area contributed by atoms with Crippen LogP contribution in [0.4, 0.5) is 5.69 Å². The zero-order valence-electron chi connectivity index (χ0n) is 20.2. The van der Waals surface area contributed by atoms with Crippen LogP contribution in [-0.4, -0.2) is 11.8 Å². The highest BCUT2D eigenvalue weighted by atomic mass is 16.2. The minimum absolute atomic E-state index is 0.0112. The van der Waals surface area contributed by atoms with Crippen molar-refractivity contribution < 1.29 is 9.59 Å². The first kappa shape index (κ1) is 23.7. The summed E-state index contributed by atoms with van der Waals surface area (Å²) in [4.78, 5) is 28.0. The quantitative estimate of drug-likeness (QED) is 0.445. The van der Waals surface area contributed by atoms with Gasteiger partial charge < -0.3 is 10.2 Å². The zero-order chi connectivity index (χ0) is 23.9. The van der Waals surface area contributed by atoms with Gasteiger partial charge in [0.2, 0.25) is 11.8 Å². The van der Waals surface area contributed by atoms with Crippen LogP contribution in [0.15, 0.2) is 78.9 Å². The van der Waals surface area contributed by atoms with Crippen LogP contribution in [0.25, 0.3) is 0 Å². The van der Waals surface area contributed by atoms with Crippen LogP contribution in [0.3, 0.4) is 0 Å². The van der Waals surface area contributed by atoms with Gasteiger partial charge in [0.25, 0.3) is 0 Å². The molecule has 1 N–H and O–H groups in total. The third-order valence-electron chi connectivity index (χ3n) is 6.85. The van der Waals surface area contributed by atoms with E-state index in [0.717, 1.165) is 48.1 Å². The lowest BCUT2D eigenvalue weighted by atomic mass is 10.0. The molecule has 3 aromatic carbocycles. The highest BCUT2D eigenvalue weighted by Gasteiger charge is 2.28. The minimum atomic E-state index is -0.0402. The third kappa shape index (κ3) is 5.93. The first-order valence-electron chi connectivity index (χ1n) is 12.3. The summed E-state index contributed by atoms with van der Waals surface area (Å²) in [6, 6.07) is 26.1. The van der Waals surface area contributed by atoms with Crippen molar-refractivity contribution in [3.05, 3.63) is 101 Å². The first-order chi connectivity index (χ1) is 16.5. The van der Waals surface area contributed by atoms with Crippen LogP contribution in [0, 0.1) is 12.8 Å². The Balaban J connectivity index is 1.46. The second-order valence-electron chi connectivity index (χ2n) is 9.38. The Morgan fingerprint density at radius 1 is 0.912 bits per heavy atom. The van der Waals surface area contributed by atoms with Crippen LogP contribution in [0.2, 0.25) is 0 Å². The van der Waals surface area contributed by atoms with E-state index in [-0.39, 0.29) is 23.8 Å². The Kier molecular flexibility index (Phi) is 7.79. The second kappa shape index (κ2) is 11.1. The monoisotopic (exact) mass is 454 g/mol. The molecule has 0 spiro atoms. The normalized spacial score (nSPS) is 14.5. The van der Waals surface area contributed by atoms with Crippen molar-refractivity contribution >= 4 is 17.5 Å². The molecule has 4 nitrogen and oxygen atoms in total. The van der Waals surface area contributed by atoms with Crippen LogP contribution in [0.1, 0.15) is 60.9 Å². The molecule has 0 radical (unpaired) electrons. The fourth-order valence-electron chi connectivity index (χ4n) is 4.74. The second-order valence-corrected chi connectivity index (χ2v) is 9.38. The van der Waals surface area contributed by atoms with Gasteiger partial charge in [-0.25, -0.2) is 0 Å². The van der Waals surface area contributed by atoms with E-state index in [0.29, 0.717) is 13.0 Å². The Morgan fingerprint density at radius 2 is 1.56 bits per heavy atom. The van der Waals surface area contributed by atoms with Gasteiger partial charge in [-0.1, -0.05) is 79.6 Å². The number of amides is 2. The molecule has 34 heavy (non-hydrogen) atoms. The van der Waals surface area contributed by atoms with Crippen LogP contribution in [0.5, 0.6) is 0 Å². The molecule has 4 heteroatoms. The van der Waals surface area contributed by atoms with Gasteiger partial charge in [-0.3, -0.25) is 9.59 Å². The van der Waals surface area contributed by atoms with E-state index in [1.165, 1.54) is 5.56 Å². The molecule has 3 aromatic rings. The highest BCUT2D eigenvalue weighted by Crippen LogP contribution is 2.30. The third-order valence-corrected chi connectivity index (χ3v) is 6.85. The summed E-state index contributed by atoms with van der Waals surface area (Å²) in [6.45, 7) is 4.65. The van der Waals surface area contributed by atoms with Crippen LogP contribution >= 0.6 is 0 Å². The number of carbonyl (C=O) groups is 2. The summed E-state index contributed by atoms with van der Waals surface area (Å²) in [5, 5.41) is 3.07. The highest BCUT2D eigenvalue weighted by molar-refractivity contribution is 5.95. The van der Waals surface area contributed by atoms with Gasteiger partial charge in [-0.2, -0.15) is 0 Å². The lowest BCUT2D eigenvalue weighted by Crippen LogP contribution is -2.35. The maximum Gasteiger partial charge on any atom is 0.230 e. The summed E-state index contributed by atoms with van der Waals surface area (Å²) in [6.07, 6.45) is 4.52. The van der Waals surface area contributed by atoms with E-state index in [1.54, 1.807) is 0 Å². The Morgan fingerprint density at radius 3 is 2.24 bits per heavy atom. The molecule has 2 amide bonds. The van der Waals surface area contributed by atoms with Gasteiger partial charge in [-0.15, -0.1) is 0 Å². The van der Waals surface area contributed by atoms with Crippen molar-refractivity contribution in [1.29, 1.82) is 0 Å². The van der Waals surface area contributed by atoms with Gasteiger partial charge >= 0.3 is 0 Å². The molecule has 176 valence electrons. The molecule has 1 aliphatic carbocycles. The van der Waals surface area contributed by atoms with E-state index in [1.807, 2.05) is 78.6 Å². The number of nitrogens with zero attached hydrogens (tertiary/aromatic N) is 1. The molecule has 1 saturated carbocycles. The number of rotatable bonds is 8. The van der Waals surface area contributed by atoms with Gasteiger partial charge in [0.1, 0.15) is 0 Å². The zero-order valence-corrected chi connectivity index (χ0v) is 20.2. The lowest BCUT2D eigenvalue weighted by Gasteiger charge is -2.27. The molecule has 0 saturated heterocycles. The molecule has 1 atom stereocenters. The molecule has 1 fully saturated rings. The van der Waals surface area contributed by atoms with Crippen molar-refractivity contribution in [3.63, 3.8) is 0 Å². The largest absolute Gasteiger partial charge is 0.349 e. The maximum absolute atomic E-state index is 13.4. The number of hydrogen-bond donors (Lipinski definition) is 1. The number of anilines is 1. The molecular formula is C30H34N2O2. The Bertz CT molecular complexity index is 1100. The van der Waals surface area contributed by atoms with E-state index in [9.17, 15) is 9.59 Å². The molecule has 0 aromatic heterocycles. The summed E-state index contributed by atoms with van der Waals surface area (Å²) in [5.74, 6) is 0.305. The van der Waals surface area contributed by atoms with Crippen molar-refractivity contribution in [1.82, 2.24) is 5.32 Å². The van der Waals surface area contributed by atoms with Crippen molar-refractivity contribution in [2.75, 3.05) is 4.90 Å². The van der Waals surface area contributed by atoms with Crippen LogP contribution in [-0.2, 0) is 22.6 Å². The molecular weight excluding hydrogens is 420 g/mol. The van der Waals surface area contributed by atoms with E-state index < -0.39 is 0 Å². The van der Waals surface area contributed by atoms with Gasteiger partial charge in [0.15, 0.2) is 0 Å². The Labute approximate surface area is 203 Å². The first-order valence-corrected chi connectivity index (χ1v) is 12.3. The number of hydrogen-bond acceptors (Lipinski definition) is 2. The van der Waals surface area contributed by atoms with Gasteiger partial charge in [-0.05, 0) is 61.1 Å². The van der Waals surface area contributed by atoms with E-state index in [4.69, 9.17) is 0 Å². The fourth-order valence-corrected chi connectivity index (χ4v) is 4.74. The van der Waals surface area contributed by atoms with Gasteiger partial charge in [0.05, 0.1) is 19.0 Å².